The number of piperazine rings is 1. The fourth-order valence-corrected chi connectivity index (χ4v) is 2.67. The molecule has 1 N–H and O–H groups in total. The number of hydrogen-bond donors (Lipinski definition) is 1. The van der Waals surface area contributed by atoms with E-state index in [0.29, 0.717) is 37.9 Å². The van der Waals surface area contributed by atoms with E-state index in [-0.39, 0.29) is 5.91 Å². The molecule has 1 fully saturated rings. The topological polar surface area (TPSA) is 77.7 Å². The molecule has 0 atom stereocenters. The lowest BCUT2D eigenvalue weighted by molar-refractivity contribution is 0.0714. The summed E-state index contributed by atoms with van der Waals surface area (Å²) in [5, 5.41) is 3.30. The molecule has 0 saturated carbocycles. The number of nitrogens with zero attached hydrogens (tertiary/aromatic N) is 5. The zero-order valence-corrected chi connectivity index (χ0v) is 14.7. The molecule has 0 radical (unpaired) electrons. The fourth-order valence-electron chi connectivity index (χ4n) is 2.67. The second kappa shape index (κ2) is 7.98. The number of rotatable bonds is 6. The van der Waals surface area contributed by atoms with Gasteiger partial charge in [-0.25, -0.2) is 4.98 Å². The Labute approximate surface area is 147 Å². The van der Waals surface area contributed by atoms with E-state index < -0.39 is 0 Å². The molecular weight excluding hydrogens is 320 g/mol. The lowest BCUT2D eigenvalue weighted by Gasteiger charge is -2.34. The number of aromatic nitrogens is 2. The summed E-state index contributed by atoms with van der Waals surface area (Å²) >= 11 is 0. The van der Waals surface area contributed by atoms with Crippen LogP contribution >= 0.6 is 0 Å². The molecular formula is C17H24N6O2. The van der Waals surface area contributed by atoms with Crippen LogP contribution in [0.5, 0.6) is 0 Å². The minimum Gasteiger partial charge on any atom is -0.459 e. The Morgan fingerprint density at radius 1 is 1.28 bits per heavy atom. The van der Waals surface area contributed by atoms with Crippen LogP contribution in [0.1, 0.15) is 10.6 Å². The van der Waals surface area contributed by atoms with E-state index in [1.807, 2.05) is 20.2 Å². The van der Waals surface area contributed by atoms with Gasteiger partial charge < -0.3 is 24.4 Å². The van der Waals surface area contributed by atoms with E-state index >= 15 is 0 Å². The van der Waals surface area contributed by atoms with Crippen LogP contribution in [-0.2, 0) is 0 Å². The van der Waals surface area contributed by atoms with Crippen LogP contribution in [0.3, 0.4) is 0 Å². The highest BCUT2D eigenvalue weighted by Crippen LogP contribution is 2.15. The van der Waals surface area contributed by atoms with Gasteiger partial charge in [0, 0.05) is 45.5 Å². The third-order valence-corrected chi connectivity index (χ3v) is 4.09. The SMILES string of the molecule is CN(C)CCNc1ccnc(N2CCN(C(=O)c3ccco3)CC2)n1. The van der Waals surface area contributed by atoms with Gasteiger partial charge in [0.1, 0.15) is 5.82 Å². The first-order valence-electron chi connectivity index (χ1n) is 8.43. The Morgan fingerprint density at radius 2 is 2.08 bits per heavy atom. The summed E-state index contributed by atoms with van der Waals surface area (Å²) in [5.74, 6) is 1.84. The number of hydrogen-bond acceptors (Lipinski definition) is 7. The molecule has 2 aromatic heterocycles. The minimum atomic E-state index is -0.0651. The van der Waals surface area contributed by atoms with Crippen LogP contribution < -0.4 is 10.2 Å². The van der Waals surface area contributed by atoms with E-state index in [1.54, 1.807) is 23.2 Å². The minimum absolute atomic E-state index is 0.0651. The second-order valence-electron chi connectivity index (χ2n) is 6.23. The maximum Gasteiger partial charge on any atom is 0.289 e. The Kier molecular flexibility index (Phi) is 5.49. The zero-order chi connectivity index (χ0) is 17.6. The number of furan rings is 1. The average molecular weight is 344 g/mol. The molecule has 0 unspecified atom stereocenters. The number of carbonyl (C=O) groups is 1. The number of amides is 1. The van der Waals surface area contributed by atoms with Crippen molar-refractivity contribution in [3.63, 3.8) is 0 Å². The summed E-state index contributed by atoms with van der Waals surface area (Å²) in [6.45, 7) is 4.42. The molecule has 25 heavy (non-hydrogen) atoms. The third-order valence-electron chi connectivity index (χ3n) is 4.09. The summed E-state index contributed by atoms with van der Waals surface area (Å²) in [6.07, 6.45) is 3.28. The van der Waals surface area contributed by atoms with Gasteiger partial charge in [-0.1, -0.05) is 0 Å². The molecule has 1 amide bonds. The van der Waals surface area contributed by atoms with Gasteiger partial charge in [0.05, 0.1) is 6.26 Å². The fraction of sp³-hybridized carbons (Fsp3) is 0.471. The van der Waals surface area contributed by atoms with Crippen LogP contribution in [0, 0.1) is 0 Å². The van der Waals surface area contributed by atoms with Crippen LogP contribution in [0.15, 0.2) is 35.1 Å². The highest BCUT2D eigenvalue weighted by atomic mass is 16.3. The molecule has 3 heterocycles. The first-order chi connectivity index (χ1) is 12.1. The smallest absolute Gasteiger partial charge is 0.289 e. The number of nitrogens with one attached hydrogen (secondary N) is 1. The van der Waals surface area contributed by atoms with E-state index in [1.165, 1.54) is 6.26 Å². The molecule has 2 aromatic rings. The van der Waals surface area contributed by atoms with Gasteiger partial charge in [-0.3, -0.25) is 4.79 Å². The summed E-state index contributed by atoms with van der Waals surface area (Å²) < 4.78 is 5.19. The Morgan fingerprint density at radius 3 is 2.76 bits per heavy atom. The third kappa shape index (κ3) is 4.48. The van der Waals surface area contributed by atoms with E-state index in [0.717, 1.165) is 18.9 Å². The van der Waals surface area contributed by atoms with Crippen molar-refractivity contribution < 1.29 is 9.21 Å². The van der Waals surface area contributed by atoms with Crippen LogP contribution in [0.2, 0.25) is 0 Å². The quantitative estimate of drug-likeness (QED) is 0.838. The van der Waals surface area contributed by atoms with Gasteiger partial charge in [-0.05, 0) is 32.3 Å². The van der Waals surface area contributed by atoms with Crippen LogP contribution in [0.25, 0.3) is 0 Å². The Balaban J connectivity index is 1.55. The van der Waals surface area contributed by atoms with Crippen molar-refractivity contribution in [2.24, 2.45) is 0 Å². The van der Waals surface area contributed by atoms with Crippen molar-refractivity contribution in [3.8, 4) is 0 Å². The summed E-state index contributed by atoms with van der Waals surface area (Å²) in [7, 11) is 4.08. The first-order valence-corrected chi connectivity index (χ1v) is 8.43. The van der Waals surface area contributed by atoms with Crippen molar-refractivity contribution in [2.75, 3.05) is 63.6 Å². The van der Waals surface area contributed by atoms with Crippen molar-refractivity contribution in [3.05, 3.63) is 36.4 Å². The Bertz CT molecular complexity index is 680. The maximum atomic E-state index is 12.3. The molecule has 0 bridgehead atoms. The molecule has 0 spiro atoms. The predicted octanol–water partition coefficient (Wildman–Crippen LogP) is 1.01. The van der Waals surface area contributed by atoms with Crippen molar-refractivity contribution in [2.45, 2.75) is 0 Å². The molecule has 1 aliphatic heterocycles. The summed E-state index contributed by atoms with van der Waals surface area (Å²) in [4.78, 5) is 27.3. The molecule has 8 nitrogen and oxygen atoms in total. The predicted molar refractivity (Wildman–Crippen MR) is 95.9 cm³/mol. The lowest BCUT2D eigenvalue weighted by atomic mass is 10.3. The van der Waals surface area contributed by atoms with E-state index in [9.17, 15) is 4.79 Å². The molecule has 0 aromatic carbocycles. The lowest BCUT2D eigenvalue weighted by Crippen LogP contribution is -2.49. The first kappa shape index (κ1) is 17.2. The second-order valence-corrected chi connectivity index (χ2v) is 6.23. The normalized spacial score (nSPS) is 14.8. The zero-order valence-electron chi connectivity index (χ0n) is 14.7. The van der Waals surface area contributed by atoms with Crippen molar-refractivity contribution >= 4 is 17.7 Å². The van der Waals surface area contributed by atoms with Gasteiger partial charge in [-0.15, -0.1) is 0 Å². The number of likely N-dealkylation sites (N-methyl/N-ethyl adjacent to an activating group) is 1. The molecule has 1 saturated heterocycles. The molecule has 1 aliphatic rings. The van der Waals surface area contributed by atoms with Gasteiger partial charge >= 0.3 is 0 Å². The molecule has 8 heteroatoms. The van der Waals surface area contributed by atoms with Gasteiger partial charge in [0.2, 0.25) is 5.95 Å². The largest absolute Gasteiger partial charge is 0.459 e. The van der Waals surface area contributed by atoms with E-state index in [4.69, 9.17) is 4.42 Å². The van der Waals surface area contributed by atoms with Crippen LogP contribution in [-0.4, -0.2) is 79.0 Å². The monoisotopic (exact) mass is 344 g/mol. The van der Waals surface area contributed by atoms with Gasteiger partial charge in [0.25, 0.3) is 5.91 Å². The van der Waals surface area contributed by atoms with Crippen molar-refractivity contribution in [1.29, 1.82) is 0 Å². The average Bonchev–Trinajstić information content (AvgIpc) is 3.16. The summed E-state index contributed by atoms with van der Waals surface area (Å²) in [5.41, 5.74) is 0. The summed E-state index contributed by atoms with van der Waals surface area (Å²) in [6, 6.07) is 5.29. The maximum absolute atomic E-state index is 12.3. The molecule has 134 valence electrons. The van der Waals surface area contributed by atoms with Crippen LogP contribution in [0.4, 0.5) is 11.8 Å². The van der Waals surface area contributed by atoms with Gasteiger partial charge in [0.15, 0.2) is 5.76 Å². The standard InChI is InChI=1S/C17H24N6O2/c1-21(2)8-7-18-15-5-6-19-17(20-15)23-11-9-22(10-12-23)16(24)14-4-3-13-25-14/h3-6,13H,7-12H2,1-2H3,(H,18,19,20). The Hall–Kier alpha value is -2.61. The number of carbonyl (C=O) groups excluding carboxylic acids is 1. The van der Waals surface area contributed by atoms with E-state index in [2.05, 4.69) is 25.1 Å². The molecule has 3 rings (SSSR count). The van der Waals surface area contributed by atoms with Crippen molar-refractivity contribution in [1.82, 2.24) is 19.8 Å². The van der Waals surface area contributed by atoms with Gasteiger partial charge in [-0.2, -0.15) is 4.98 Å². The molecule has 0 aliphatic carbocycles. The highest BCUT2D eigenvalue weighted by Gasteiger charge is 2.24. The highest BCUT2D eigenvalue weighted by molar-refractivity contribution is 5.91. The number of anilines is 2.